The number of amides is 2. The van der Waals surface area contributed by atoms with Crippen molar-refractivity contribution < 1.29 is 10.0 Å². The molecule has 0 radical (unpaired) electrons. The molecule has 0 aromatic heterocycles. The summed E-state index contributed by atoms with van der Waals surface area (Å²) in [5, 5.41) is 13.9. The Morgan fingerprint density at radius 1 is 1.12 bits per heavy atom. The van der Waals surface area contributed by atoms with Crippen molar-refractivity contribution in [3.63, 3.8) is 0 Å². The predicted octanol–water partition coefficient (Wildman–Crippen LogP) is -0.841. The second-order valence-electron chi connectivity index (χ2n) is 4.83. The summed E-state index contributed by atoms with van der Waals surface area (Å²) in [5.41, 5.74) is 0. The van der Waals surface area contributed by atoms with E-state index < -0.39 is 0 Å². The topological polar surface area (TPSA) is 59.1 Å². The van der Waals surface area contributed by atoms with Crippen molar-refractivity contribution in [3.05, 3.63) is 0 Å². The van der Waals surface area contributed by atoms with Gasteiger partial charge in [-0.1, -0.05) is 0 Å². The number of hydroxylamine groups is 2. The molecule has 2 N–H and O–H groups in total. The molecule has 3 aliphatic heterocycles. The van der Waals surface area contributed by atoms with E-state index in [0.717, 1.165) is 19.5 Å². The molecule has 90 valence electrons. The number of rotatable bonds is 0. The van der Waals surface area contributed by atoms with E-state index in [9.17, 15) is 10.0 Å². The number of fused-ring (bicyclic) bond motifs is 2. The van der Waals surface area contributed by atoms with Crippen LogP contribution in [0.4, 0.5) is 4.79 Å². The molecule has 3 fully saturated rings. The first kappa shape index (κ1) is 10.3. The van der Waals surface area contributed by atoms with E-state index in [-0.39, 0.29) is 6.03 Å². The van der Waals surface area contributed by atoms with Crippen LogP contribution in [0.3, 0.4) is 0 Å². The number of piperazine rings is 2. The van der Waals surface area contributed by atoms with Crippen LogP contribution in [0, 0.1) is 0 Å². The molecular formula is C10H18N4O2. The summed E-state index contributed by atoms with van der Waals surface area (Å²) in [7, 11) is 0. The highest BCUT2D eigenvalue weighted by Gasteiger charge is 2.45. The SMILES string of the molecule is O=C(N1CCN(O)CC1)N1C2CNCC1C2. The third-order valence-electron chi connectivity index (χ3n) is 3.84. The van der Waals surface area contributed by atoms with E-state index in [0.29, 0.717) is 38.3 Å². The number of carbonyl (C=O) groups is 1. The first-order valence-corrected chi connectivity index (χ1v) is 5.97. The Morgan fingerprint density at radius 3 is 2.31 bits per heavy atom. The molecule has 2 amide bonds. The predicted molar refractivity (Wildman–Crippen MR) is 57.2 cm³/mol. The summed E-state index contributed by atoms with van der Waals surface area (Å²) in [6.07, 6.45) is 1.15. The normalized spacial score (nSPS) is 34.8. The van der Waals surface area contributed by atoms with Crippen LogP contribution < -0.4 is 5.32 Å². The molecule has 0 aliphatic carbocycles. The van der Waals surface area contributed by atoms with Gasteiger partial charge in [-0.3, -0.25) is 0 Å². The van der Waals surface area contributed by atoms with Crippen molar-refractivity contribution in [3.8, 4) is 0 Å². The maximum atomic E-state index is 12.2. The lowest BCUT2D eigenvalue weighted by Crippen LogP contribution is -2.71. The zero-order valence-corrected chi connectivity index (χ0v) is 9.30. The van der Waals surface area contributed by atoms with Gasteiger partial charge in [0.2, 0.25) is 0 Å². The van der Waals surface area contributed by atoms with Gasteiger partial charge in [0.25, 0.3) is 0 Å². The highest BCUT2D eigenvalue weighted by Crippen LogP contribution is 2.29. The maximum absolute atomic E-state index is 12.2. The lowest BCUT2D eigenvalue weighted by Gasteiger charge is -2.54. The fraction of sp³-hybridized carbons (Fsp3) is 0.900. The van der Waals surface area contributed by atoms with Gasteiger partial charge < -0.3 is 20.3 Å². The number of nitrogens with one attached hydrogen (secondary N) is 1. The molecule has 3 saturated heterocycles. The van der Waals surface area contributed by atoms with Crippen LogP contribution in [0.2, 0.25) is 0 Å². The molecule has 0 aromatic rings. The Morgan fingerprint density at radius 2 is 1.75 bits per heavy atom. The van der Waals surface area contributed by atoms with Crippen LogP contribution in [-0.4, -0.2) is 77.5 Å². The van der Waals surface area contributed by atoms with E-state index in [2.05, 4.69) is 5.32 Å². The Balaban J connectivity index is 1.61. The number of nitrogens with zero attached hydrogens (tertiary/aromatic N) is 3. The zero-order chi connectivity index (χ0) is 11.1. The standard InChI is InChI=1S/C10H18N4O2/c15-10(12-1-3-13(16)4-2-12)14-8-5-9(14)7-11-6-8/h8-9,11,16H,1-7H2. The molecule has 6 heteroatoms. The van der Waals surface area contributed by atoms with Crippen molar-refractivity contribution in [2.75, 3.05) is 39.3 Å². The summed E-state index contributed by atoms with van der Waals surface area (Å²) in [6.45, 7) is 4.27. The third-order valence-corrected chi connectivity index (χ3v) is 3.84. The second kappa shape index (κ2) is 3.87. The Labute approximate surface area is 94.7 Å². The molecule has 2 bridgehead atoms. The van der Waals surface area contributed by atoms with E-state index in [1.54, 1.807) is 0 Å². The summed E-state index contributed by atoms with van der Waals surface area (Å²) < 4.78 is 0. The van der Waals surface area contributed by atoms with Gasteiger partial charge in [-0.2, -0.15) is 5.06 Å². The van der Waals surface area contributed by atoms with Crippen LogP contribution in [0.5, 0.6) is 0 Å². The van der Waals surface area contributed by atoms with E-state index >= 15 is 0 Å². The molecule has 3 heterocycles. The van der Waals surface area contributed by atoms with Crippen molar-refractivity contribution in [1.82, 2.24) is 20.2 Å². The zero-order valence-electron chi connectivity index (χ0n) is 9.30. The van der Waals surface area contributed by atoms with Gasteiger partial charge in [0.15, 0.2) is 0 Å². The minimum atomic E-state index is 0.163. The van der Waals surface area contributed by atoms with Crippen LogP contribution >= 0.6 is 0 Å². The lowest BCUT2D eigenvalue weighted by atomic mass is 9.89. The number of piperidine rings is 1. The molecular weight excluding hydrogens is 208 g/mol. The molecule has 2 unspecified atom stereocenters. The summed E-state index contributed by atoms with van der Waals surface area (Å²) in [6, 6.07) is 0.965. The van der Waals surface area contributed by atoms with Gasteiger partial charge >= 0.3 is 6.03 Å². The molecule has 2 atom stereocenters. The molecule has 16 heavy (non-hydrogen) atoms. The average molecular weight is 226 g/mol. The van der Waals surface area contributed by atoms with Crippen LogP contribution in [0.25, 0.3) is 0 Å². The summed E-state index contributed by atoms with van der Waals surface area (Å²) >= 11 is 0. The highest BCUT2D eigenvalue weighted by atomic mass is 16.5. The van der Waals surface area contributed by atoms with E-state index in [1.165, 1.54) is 5.06 Å². The molecule has 0 aromatic carbocycles. The van der Waals surface area contributed by atoms with Crippen LogP contribution in [0.15, 0.2) is 0 Å². The molecule has 6 nitrogen and oxygen atoms in total. The maximum Gasteiger partial charge on any atom is 0.320 e. The van der Waals surface area contributed by atoms with Gasteiger partial charge in [-0.05, 0) is 6.42 Å². The fourth-order valence-electron chi connectivity index (χ4n) is 2.84. The Bertz CT molecular complexity index is 277. The van der Waals surface area contributed by atoms with Crippen molar-refractivity contribution >= 4 is 6.03 Å². The highest BCUT2D eigenvalue weighted by molar-refractivity contribution is 5.76. The fourth-order valence-corrected chi connectivity index (χ4v) is 2.84. The minimum Gasteiger partial charge on any atom is -0.322 e. The number of urea groups is 1. The minimum absolute atomic E-state index is 0.163. The first-order chi connectivity index (χ1) is 7.75. The van der Waals surface area contributed by atoms with Gasteiger partial charge in [-0.15, -0.1) is 0 Å². The van der Waals surface area contributed by atoms with Gasteiger partial charge in [0.1, 0.15) is 0 Å². The summed E-state index contributed by atoms with van der Waals surface area (Å²) in [5.74, 6) is 0. The Kier molecular flexibility index (Phi) is 2.49. The smallest absolute Gasteiger partial charge is 0.320 e. The first-order valence-electron chi connectivity index (χ1n) is 5.97. The molecule has 3 rings (SSSR count). The van der Waals surface area contributed by atoms with Crippen molar-refractivity contribution in [2.45, 2.75) is 18.5 Å². The quantitative estimate of drug-likeness (QED) is 0.565. The largest absolute Gasteiger partial charge is 0.322 e. The van der Waals surface area contributed by atoms with Crippen LogP contribution in [-0.2, 0) is 0 Å². The van der Waals surface area contributed by atoms with Crippen molar-refractivity contribution in [2.24, 2.45) is 0 Å². The number of carbonyl (C=O) groups excluding carboxylic acids is 1. The van der Waals surface area contributed by atoms with Crippen molar-refractivity contribution in [1.29, 1.82) is 0 Å². The average Bonchev–Trinajstić information content (AvgIpc) is 2.30. The van der Waals surface area contributed by atoms with Gasteiger partial charge in [0, 0.05) is 51.4 Å². The molecule has 0 spiro atoms. The second-order valence-corrected chi connectivity index (χ2v) is 4.83. The van der Waals surface area contributed by atoms with Gasteiger partial charge in [0.05, 0.1) is 0 Å². The lowest BCUT2D eigenvalue weighted by molar-refractivity contribution is -0.115. The monoisotopic (exact) mass is 226 g/mol. The molecule has 3 aliphatic rings. The van der Waals surface area contributed by atoms with E-state index in [4.69, 9.17) is 0 Å². The van der Waals surface area contributed by atoms with Gasteiger partial charge in [-0.25, -0.2) is 4.79 Å². The van der Waals surface area contributed by atoms with Crippen LogP contribution in [0.1, 0.15) is 6.42 Å². The summed E-state index contributed by atoms with van der Waals surface area (Å²) in [4.78, 5) is 16.1. The number of hydrogen-bond acceptors (Lipinski definition) is 4. The Hall–Kier alpha value is -0.850. The third kappa shape index (κ3) is 1.57. The van der Waals surface area contributed by atoms with E-state index in [1.807, 2.05) is 9.80 Å². The number of hydrogen-bond donors (Lipinski definition) is 2. The molecule has 0 saturated carbocycles.